The topological polar surface area (TPSA) is 51.7 Å². The van der Waals surface area contributed by atoms with Crippen LogP contribution in [0.4, 0.5) is 10.1 Å². The third kappa shape index (κ3) is 4.65. The van der Waals surface area contributed by atoms with Gasteiger partial charge in [0.25, 0.3) is 0 Å². The predicted octanol–water partition coefficient (Wildman–Crippen LogP) is 4.01. The summed E-state index contributed by atoms with van der Waals surface area (Å²) in [5.41, 5.74) is 2.12. The zero-order valence-electron chi connectivity index (χ0n) is 15.8. The molecule has 6 heteroatoms. The number of rotatable bonds is 7. The molecule has 2 aromatic carbocycles. The smallest absolute Gasteiger partial charge is 0.231 e. The lowest BCUT2D eigenvalue weighted by atomic mass is 10.1. The highest BCUT2D eigenvalue weighted by atomic mass is 19.1. The number of anilines is 1. The highest BCUT2D eigenvalue weighted by Gasteiger charge is 2.18. The van der Waals surface area contributed by atoms with Gasteiger partial charge < -0.3 is 14.4 Å². The average Bonchev–Trinajstić information content (AvgIpc) is 2.72. The molecule has 0 fully saturated rings. The summed E-state index contributed by atoms with van der Waals surface area (Å²) in [5.74, 6) is 0.586. The number of aromatic nitrogens is 1. The van der Waals surface area contributed by atoms with Crippen molar-refractivity contribution in [3.63, 3.8) is 0 Å². The summed E-state index contributed by atoms with van der Waals surface area (Å²) in [6.07, 6.45) is 3.49. The predicted molar refractivity (Wildman–Crippen MR) is 105 cm³/mol. The first-order valence-electron chi connectivity index (χ1n) is 8.76. The Kier molecular flexibility index (Phi) is 6.22. The van der Waals surface area contributed by atoms with Crippen molar-refractivity contribution in [1.29, 1.82) is 0 Å². The second-order valence-electron chi connectivity index (χ2n) is 6.19. The van der Waals surface area contributed by atoms with Crippen molar-refractivity contribution in [3.8, 4) is 11.5 Å². The van der Waals surface area contributed by atoms with Gasteiger partial charge in [0, 0.05) is 18.1 Å². The molecule has 0 spiro atoms. The van der Waals surface area contributed by atoms with Crippen LogP contribution >= 0.6 is 0 Å². The third-order valence-corrected chi connectivity index (χ3v) is 4.29. The van der Waals surface area contributed by atoms with Gasteiger partial charge in [0.1, 0.15) is 5.82 Å². The van der Waals surface area contributed by atoms with Crippen LogP contribution in [-0.2, 0) is 17.8 Å². The summed E-state index contributed by atoms with van der Waals surface area (Å²) in [6, 6.07) is 15.0. The molecular formula is C22H21FN2O3. The molecule has 144 valence electrons. The number of pyridine rings is 1. The van der Waals surface area contributed by atoms with E-state index in [1.54, 1.807) is 61.8 Å². The number of hydrogen-bond acceptors (Lipinski definition) is 4. The fourth-order valence-corrected chi connectivity index (χ4v) is 2.90. The number of hydrogen-bond donors (Lipinski definition) is 0. The fraction of sp³-hybridized carbons (Fsp3) is 0.182. The Balaban J connectivity index is 1.88. The van der Waals surface area contributed by atoms with E-state index in [1.165, 1.54) is 12.1 Å². The van der Waals surface area contributed by atoms with E-state index in [9.17, 15) is 9.18 Å². The summed E-state index contributed by atoms with van der Waals surface area (Å²) in [6.45, 7) is 0.295. The number of benzene rings is 2. The van der Waals surface area contributed by atoms with Crippen LogP contribution in [0.3, 0.4) is 0 Å². The van der Waals surface area contributed by atoms with Crippen LogP contribution < -0.4 is 14.4 Å². The van der Waals surface area contributed by atoms with E-state index in [2.05, 4.69) is 4.98 Å². The van der Waals surface area contributed by atoms with E-state index in [1.807, 2.05) is 12.1 Å². The van der Waals surface area contributed by atoms with E-state index < -0.39 is 5.82 Å². The maximum Gasteiger partial charge on any atom is 0.231 e. The van der Waals surface area contributed by atoms with Gasteiger partial charge in [-0.3, -0.25) is 9.78 Å². The van der Waals surface area contributed by atoms with Gasteiger partial charge in [-0.25, -0.2) is 4.39 Å². The van der Waals surface area contributed by atoms with Gasteiger partial charge in [-0.15, -0.1) is 0 Å². The quantitative estimate of drug-likeness (QED) is 0.621. The molecule has 1 heterocycles. The molecule has 0 saturated heterocycles. The molecule has 0 aliphatic rings. The summed E-state index contributed by atoms with van der Waals surface area (Å²) in [5, 5.41) is 0. The molecule has 0 aliphatic heterocycles. The molecule has 1 aromatic heterocycles. The maximum atomic E-state index is 13.8. The normalized spacial score (nSPS) is 10.4. The average molecular weight is 380 g/mol. The summed E-state index contributed by atoms with van der Waals surface area (Å²) in [4.78, 5) is 18.7. The van der Waals surface area contributed by atoms with Gasteiger partial charge in [-0.05, 0) is 47.5 Å². The van der Waals surface area contributed by atoms with Crippen molar-refractivity contribution < 1.29 is 18.7 Å². The van der Waals surface area contributed by atoms with Crippen LogP contribution in [0.5, 0.6) is 11.5 Å². The van der Waals surface area contributed by atoms with Gasteiger partial charge >= 0.3 is 0 Å². The van der Waals surface area contributed by atoms with Gasteiger partial charge in [-0.1, -0.05) is 18.2 Å². The van der Waals surface area contributed by atoms with E-state index in [-0.39, 0.29) is 12.3 Å². The van der Waals surface area contributed by atoms with Gasteiger partial charge in [-0.2, -0.15) is 0 Å². The number of carbonyl (C=O) groups is 1. The molecule has 1 amide bonds. The number of amides is 1. The lowest BCUT2D eigenvalue weighted by Crippen LogP contribution is -2.32. The monoisotopic (exact) mass is 380 g/mol. The first-order valence-corrected chi connectivity index (χ1v) is 8.76. The minimum absolute atomic E-state index is 0.136. The Morgan fingerprint density at radius 1 is 1.00 bits per heavy atom. The number of nitrogens with zero attached hydrogens (tertiary/aromatic N) is 2. The van der Waals surface area contributed by atoms with Gasteiger partial charge in [0.15, 0.2) is 11.5 Å². The Hall–Kier alpha value is -3.41. The molecular weight excluding hydrogens is 359 g/mol. The molecule has 0 radical (unpaired) electrons. The van der Waals surface area contributed by atoms with Crippen LogP contribution in [-0.4, -0.2) is 25.1 Å². The number of methoxy groups -OCH3 is 2. The SMILES string of the molecule is COc1ccc(CC(=O)N(Cc2cccnc2)c2cccc(F)c2)cc1OC. The van der Waals surface area contributed by atoms with Gasteiger partial charge in [0.05, 0.1) is 27.2 Å². The first-order chi connectivity index (χ1) is 13.6. The van der Waals surface area contributed by atoms with Crippen LogP contribution in [0.15, 0.2) is 67.0 Å². The zero-order valence-corrected chi connectivity index (χ0v) is 15.8. The van der Waals surface area contributed by atoms with Crippen molar-refractivity contribution in [2.75, 3.05) is 19.1 Å². The first kappa shape index (κ1) is 19.4. The lowest BCUT2D eigenvalue weighted by Gasteiger charge is -2.23. The van der Waals surface area contributed by atoms with E-state index >= 15 is 0 Å². The molecule has 3 aromatic rings. The molecule has 0 atom stereocenters. The highest BCUT2D eigenvalue weighted by Crippen LogP contribution is 2.28. The summed E-state index contributed by atoms with van der Waals surface area (Å²) in [7, 11) is 3.10. The van der Waals surface area contributed by atoms with Crippen LogP contribution in [0.25, 0.3) is 0 Å². The van der Waals surface area contributed by atoms with Crippen LogP contribution in [0.2, 0.25) is 0 Å². The fourth-order valence-electron chi connectivity index (χ4n) is 2.90. The molecule has 0 unspecified atom stereocenters. The number of carbonyl (C=O) groups excluding carboxylic acids is 1. The van der Waals surface area contributed by atoms with E-state index in [0.29, 0.717) is 23.7 Å². The van der Waals surface area contributed by atoms with Crippen molar-refractivity contribution in [2.24, 2.45) is 0 Å². The largest absolute Gasteiger partial charge is 0.493 e. The minimum Gasteiger partial charge on any atom is -0.493 e. The van der Waals surface area contributed by atoms with Crippen molar-refractivity contribution in [1.82, 2.24) is 4.98 Å². The summed E-state index contributed by atoms with van der Waals surface area (Å²) < 4.78 is 24.3. The second kappa shape index (κ2) is 8.99. The van der Waals surface area contributed by atoms with Crippen molar-refractivity contribution in [2.45, 2.75) is 13.0 Å². The Morgan fingerprint density at radius 2 is 1.82 bits per heavy atom. The van der Waals surface area contributed by atoms with Crippen molar-refractivity contribution >= 4 is 11.6 Å². The molecule has 0 N–H and O–H groups in total. The third-order valence-electron chi connectivity index (χ3n) is 4.29. The lowest BCUT2D eigenvalue weighted by molar-refractivity contribution is -0.118. The molecule has 3 rings (SSSR count). The molecule has 0 aliphatic carbocycles. The van der Waals surface area contributed by atoms with Crippen LogP contribution in [0.1, 0.15) is 11.1 Å². The Labute approximate surface area is 163 Å². The van der Waals surface area contributed by atoms with Crippen LogP contribution in [0, 0.1) is 5.82 Å². The number of ether oxygens (including phenoxy) is 2. The second-order valence-corrected chi connectivity index (χ2v) is 6.19. The number of halogens is 1. The molecule has 0 saturated carbocycles. The molecule has 0 bridgehead atoms. The standard InChI is InChI=1S/C22H21FN2O3/c1-27-20-9-8-16(11-21(20)28-2)12-22(26)25(15-17-5-4-10-24-14-17)19-7-3-6-18(23)13-19/h3-11,13-14H,12,15H2,1-2H3. The zero-order chi connectivity index (χ0) is 19.9. The molecule has 28 heavy (non-hydrogen) atoms. The summed E-state index contributed by atoms with van der Waals surface area (Å²) >= 11 is 0. The minimum atomic E-state index is -0.396. The van der Waals surface area contributed by atoms with Gasteiger partial charge in [0.2, 0.25) is 5.91 Å². The highest BCUT2D eigenvalue weighted by molar-refractivity contribution is 5.94. The van der Waals surface area contributed by atoms with Crippen molar-refractivity contribution in [3.05, 3.63) is 83.9 Å². The Morgan fingerprint density at radius 3 is 2.50 bits per heavy atom. The Bertz CT molecular complexity index is 948. The van der Waals surface area contributed by atoms with E-state index in [4.69, 9.17) is 9.47 Å². The molecule has 5 nitrogen and oxygen atoms in total. The maximum absolute atomic E-state index is 13.8. The van der Waals surface area contributed by atoms with E-state index in [0.717, 1.165) is 11.1 Å².